The molecule has 12 heavy (non-hydrogen) atoms. The van der Waals surface area contributed by atoms with Crippen molar-refractivity contribution in [1.82, 2.24) is 9.80 Å². The fourth-order valence-corrected chi connectivity index (χ4v) is 0.933. The summed E-state index contributed by atoms with van der Waals surface area (Å²) in [7, 11) is 3.45. The van der Waals surface area contributed by atoms with Crippen LogP contribution < -0.4 is 0 Å². The molecule has 4 heteroatoms. The number of hydrogen-bond acceptors (Lipinski definition) is 2. The summed E-state index contributed by atoms with van der Waals surface area (Å²) in [6.45, 7) is 3.39. The molecule has 0 aliphatic rings. The number of nitrogens with zero attached hydrogens (tertiary/aromatic N) is 2. The summed E-state index contributed by atoms with van der Waals surface area (Å²) in [5.74, 6) is 0. The maximum Gasteiger partial charge on any atom is 0.319 e. The second-order valence-electron chi connectivity index (χ2n) is 2.83. The summed E-state index contributed by atoms with van der Waals surface area (Å²) in [6.07, 6.45) is 0.646. The van der Waals surface area contributed by atoms with Crippen molar-refractivity contribution in [2.75, 3.05) is 33.8 Å². The smallest absolute Gasteiger partial charge is 0.319 e. The topological polar surface area (TPSA) is 43.8 Å². The van der Waals surface area contributed by atoms with Gasteiger partial charge in [0, 0.05) is 33.8 Å². The van der Waals surface area contributed by atoms with E-state index in [0.717, 1.165) is 0 Å². The fourth-order valence-electron chi connectivity index (χ4n) is 0.933. The van der Waals surface area contributed by atoms with Gasteiger partial charge in [0.15, 0.2) is 0 Å². The molecule has 0 radical (unpaired) electrons. The van der Waals surface area contributed by atoms with Gasteiger partial charge >= 0.3 is 6.03 Å². The van der Waals surface area contributed by atoms with E-state index in [1.165, 1.54) is 0 Å². The maximum atomic E-state index is 11.4. The van der Waals surface area contributed by atoms with Gasteiger partial charge in [0.2, 0.25) is 0 Å². The van der Waals surface area contributed by atoms with Gasteiger partial charge < -0.3 is 14.9 Å². The minimum absolute atomic E-state index is 0.00551. The van der Waals surface area contributed by atoms with Crippen LogP contribution in [0.25, 0.3) is 0 Å². The van der Waals surface area contributed by atoms with E-state index in [0.29, 0.717) is 19.5 Å². The Morgan fingerprint density at radius 2 is 2.00 bits per heavy atom. The summed E-state index contributed by atoms with van der Waals surface area (Å²) in [5, 5.41) is 8.58. The quantitative estimate of drug-likeness (QED) is 0.669. The van der Waals surface area contributed by atoms with E-state index >= 15 is 0 Å². The Bertz CT molecular complexity index is 137. The Labute approximate surface area is 73.8 Å². The molecule has 0 aliphatic heterocycles. The van der Waals surface area contributed by atoms with Crippen molar-refractivity contribution in [3.05, 3.63) is 0 Å². The molecule has 0 aliphatic carbocycles. The van der Waals surface area contributed by atoms with Gasteiger partial charge in [-0.05, 0) is 13.3 Å². The van der Waals surface area contributed by atoms with E-state index in [1.54, 1.807) is 23.9 Å². The molecule has 0 fully saturated rings. The zero-order valence-corrected chi connectivity index (χ0v) is 8.08. The van der Waals surface area contributed by atoms with Crippen molar-refractivity contribution in [1.29, 1.82) is 0 Å². The third-order valence-electron chi connectivity index (χ3n) is 1.62. The second kappa shape index (κ2) is 5.83. The summed E-state index contributed by atoms with van der Waals surface area (Å²) < 4.78 is 0. The first-order valence-electron chi connectivity index (χ1n) is 4.20. The highest BCUT2D eigenvalue weighted by Gasteiger charge is 2.11. The predicted octanol–water partition coefficient (Wildman–Crippen LogP) is 0.372. The molecule has 0 unspecified atom stereocenters. The monoisotopic (exact) mass is 174 g/mol. The SMILES string of the molecule is CCN(CCCO)C(=O)N(C)C. The zero-order chi connectivity index (χ0) is 9.56. The number of rotatable bonds is 4. The number of aliphatic hydroxyl groups excluding tert-OH is 1. The summed E-state index contributed by atoms with van der Waals surface area (Å²) in [6, 6.07) is 0.00551. The van der Waals surface area contributed by atoms with E-state index in [-0.39, 0.29) is 12.6 Å². The second-order valence-corrected chi connectivity index (χ2v) is 2.83. The number of carbonyl (C=O) groups excluding carboxylic acids is 1. The minimum Gasteiger partial charge on any atom is -0.396 e. The van der Waals surface area contributed by atoms with Gasteiger partial charge in [-0.3, -0.25) is 0 Å². The lowest BCUT2D eigenvalue weighted by Gasteiger charge is -2.24. The van der Waals surface area contributed by atoms with Crippen molar-refractivity contribution >= 4 is 6.03 Å². The Kier molecular flexibility index (Phi) is 5.45. The van der Waals surface area contributed by atoms with Gasteiger partial charge in [-0.25, -0.2) is 4.79 Å². The highest BCUT2D eigenvalue weighted by molar-refractivity contribution is 5.73. The summed E-state index contributed by atoms with van der Waals surface area (Å²) >= 11 is 0. The zero-order valence-electron chi connectivity index (χ0n) is 8.08. The molecule has 0 aromatic heterocycles. The molecule has 0 bridgehead atoms. The van der Waals surface area contributed by atoms with Gasteiger partial charge in [-0.15, -0.1) is 0 Å². The predicted molar refractivity (Wildman–Crippen MR) is 48.0 cm³/mol. The fraction of sp³-hybridized carbons (Fsp3) is 0.875. The lowest BCUT2D eigenvalue weighted by molar-refractivity contribution is 0.167. The van der Waals surface area contributed by atoms with Crippen LogP contribution in [0, 0.1) is 0 Å². The van der Waals surface area contributed by atoms with E-state index < -0.39 is 0 Å². The van der Waals surface area contributed by atoms with Crippen LogP contribution in [-0.4, -0.2) is 54.7 Å². The summed E-state index contributed by atoms with van der Waals surface area (Å²) in [4.78, 5) is 14.6. The molecule has 72 valence electrons. The minimum atomic E-state index is 0.00551. The molecule has 0 aromatic carbocycles. The highest BCUT2D eigenvalue weighted by atomic mass is 16.3. The van der Waals surface area contributed by atoms with E-state index in [2.05, 4.69) is 0 Å². The number of amides is 2. The van der Waals surface area contributed by atoms with E-state index in [4.69, 9.17) is 5.11 Å². The summed E-state index contributed by atoms with van der Waals surface area (Å²) in [5.41, 5.74) is 0. The largest absolute Gasteiger partial charge is 0.396 e. The molecule has 2 amide bonds. The van der Waals surface area contributed by atoms with Crippen molar-refractivity contribution in [3.8, 4) is 0 Å². The third kappa shape index (κ3) is 3.57. The molecule has 0 saturated carbocycles. The van der Waals surface area contributed by atoms with Crippen molar-refractivity contribution in [2.24, 2.45) is 0 Å². The molecular formula is C8H18N2O2. The van der Waals surface area contributed by atoms with Crippen LogP contribution in [-0.2, 0) is 0 Å². The Morgan fingerprint density at radius 3 is 2.33 bits per heavy atom. The number of urea groups is 1. The number of hydrogen-bond donors (Lipinski definition) is 1. The van der Waals surface area contributed by atoms with Crippen LogP contribution in [0.15, 0.2) is 0 Å². The van der Waals surface area contributed by atoms with Crippen LogP contribution in [0.1, 0.15) is 13.3 Å². The molecule has 0 saturated heterocycles. The van der Waals surface area contributed by atoms with Crippen molar-refractivity contribution in [2.45, 2.75) is 13.3 Å². The van der Waals surface area contributed by atoms with Gasteiger partial charge in [-0.2, -0.15) is 0 Å². The first kappa shape index (κ1) is 11.2. The third-order valence-corrected chi connectivity index (χ3v) is 1.62. The normalized spacial score (nSPS) is 9.67. The standard InChI is InChI=1S/C8H18N2O2/c1-4-10(6-5-7-11)8(12)9(2)3/h11H,4-7H2,1-3H3. The van der Waals surface area contributed by atoms with Gasteiger partial charge in [0.1, 0.15) is 0 Å². The van der Waals surface area contributed by atoms with Crippen LogP contribution in [0.4, 0.5) is 4.79 Å². The molecule has 0 rings (SSSR count). The molecule has 0 atom stereocenters. The highest BCUT2D eigenvalue weighted by Crippen LogP contribution is 1.95. The first-order valence-corrected chi connectivity index (χ1v) is 4.20. The Hall–Kier alpha value is -0.770. The van der Waals surface area contributed by atoms with E-state index in [1.807, 2.05) is 6.92 Å². The van der Waals surface area contributed by atoms with E-state index in [9.17, 15) is 4.79 Å². The Balaban J connectivity index is 3.88. The first-order chi connectivity index (χ1) is 5.63. The van der Waals surface area contributed by atoms with Crippen LogP contribution in [0.5, 0.6) is 0 Å². The molecule has 1 N–H and O–H groups in total. The lowest BCUT2D eigenvalue weighted by Crippen LogP contribution is -2.39. The molecular weight excluding hydrogens is 156 g/mol. The van der Waals surface area contributed by atoms with Gasteiger partial charge in [0.25, 0.3) is 0 Å². The van der Waals surface area contributed by atoms with Crippen LogP contribution >= 0.6 is 0 Å². The number of aliphatic hydroxyl groups is 1. The molecule has 4 nitrogen and oxygen atoms in total. The van der Waals surface area contributed by atoms with Crippen molar-refractivity contribution in [3.63, 3.8) is 0 Å². The Morgan fingerprint density at radius 1 is 1.42 bits per heavy atom. The number of carbonyl (C=O) groups is 1. The molecule has 0 heterocycles. The van der Waals surface area contributed by atoms with Crippen LogP contribution in [0.2, 0.25) is 0 Å². The average molecular weight is 174 g/mol. The van der Waals surface area contributed by atoms with Crippen LogP contribution in [0.3, 0.4) is 0 Å². The van der Waals surface area contributed by atoms with Crippen molar-refractivity contribution < 1.29 is 9.90 Å². The molecule has 0 aromatic rings. The van der Waals surface area contributed by atoms with Gasteiger partial charge in [-0.1, -0.05) is 0 Å². The molecule has 0 spiro atoms. The maximum absolute atomic E-state index is 11.4. The van der Waals surface area contributed by atoms with Gasteiger partial charge in [0.05, 0.1) is 0 Å². The average Bonchev–Trinajstić information content (AvgIpc) is 2.05. The lowest BCUT2D eigenvalue weighted by atomic mass is 10.4.